The molecule has 0 saturated carbocycles. The van der Waals surface area contributed by atoms with E-state index in [1.54, 1.807) is 62.4 Å². The van der Waals surface area contributed by atoms with Crippen LogP contribution in [-0.4, -0.2) is 34.9 Å². The number of hydrogen-bond acceptors (Lipinski definition) is 7. The average Bonchev–Trinajstić information content (AvgIpc) is 3.20. The molecule has 34 heavy (non-hydrogen) atoms. The largest absolute Gasteiger partial charge is 0.462 e. The fraction of sp³-hybridized carbons (Fsp3) is 0.167. The predicted molar refractivity (Wildman–Crippen MR) is 130 cm³/mol. The summed E-state index contributed by atoms with van der Waals surface area (Å²) in [5, 5.41) is 4.95. The average molecular weight is 546 g/mol. The van der Waals surface area contributed by atoms with E-state index in [4.69, 9.17) is 25.5 Å². The van der Waals surface area contributed by atoms with Crippen molar-refractivity contribution in [1.29, 1.82) is 0 Å². The van der Waals surface area contributed by atoms with Gasteiger partial charge < -0.3 is 13.9 Å². The molecule has 0 atom stereocenters. The first-order chi connectivity index (χ1) is 16.4. The molecule has 0 spiro atoms. The molecule has 0 amide bonds. The number of carbonyl (C=O) groups is 2. The molecule has 8 nitrogen and oxygen atoms in total. The molecule has 0 N–H and O–H groups in total. The van der Waals surface area contributed by atoms with Gasteiger partial charge in [0.05, 0.1) is 23.9 Å². The van der Waals surface area contributed by atoms with Gasteiger partial charge in [0.2, 0.25) is 0 Å². The molecule has 0 fully saturated rings. The zero-order valence-electron chi connectivity index (χ0n) is 18.1. The van der Waals surface area contributed by atoms with Crippen LogP contribution in [0.5, 0.6) is 0 Å². The number of rotatable bonds is 6. The third-order valence-corrected chi connectivity index (χ3v) is 5.81. The molecule has 4 rings (SSSR count). The summed E-state index contributed by atoms with van der Waals surface area (Å²) in [6.45, 7) is 3.35. The topological polar surface area (TPSA) is 101 Å². The van der Waals surface area contributed by atoms with E-state index < -0.39 is 17.6 Å². The van der Waals surface area contributed by atoms with Crippen molar-refractivity contribution in [3.05, 3.63) is 79.7 Å². The van der Waals surface area contributed by atoms with Crippen LogP contribution in [0.3, 0.4) is 0 Å². The fourth-order valence-electron chi connectivity index (χ4n) is 3.46. The van der Waals surface area contributed by atoms with Crippen LogP contribution in [0.15, 0.2) is 62.2 Å². The Labute approximate surface area is 207 Å². The molecule has 0 aliphatic heterocycles. The highest BCUT2D eigenvalue weighted by Crippen LogP contribution is 2.35. The van der Waals surface area contributed by atoms with Gasteiger partial charge in [-0.3, -0.25) is 0 Å². The van der Waals surface area contributed by atoms with Crippen LogP contribution in [0.4, 0.5) is 0 Å². The lowest BCUT2D eigenvalue weighted by molar-refractivity contribution is 0.0473. The molecule has 174 valence electrons. The van der Waals surface area contributed by atoms with Gasteiger partial charge in [-0.25, -0.2) is 19.1 Å². The van der Waals surface area contributed by atoms with Crippen LogP contribution in [0.25, 0.3) is 27.9 Å². The quantitative estimate of drug-likeness (QED) is 0.236. The smallest absolute Gasteiger partial charge is 0.357 e. The van der Waals surface area contributed by atoms with Crippen molar-refractivity contribution in [3.63, 3.8) is 0 Å². The highest BCUT2D eigenvalue weighted by atomic mass is 79.9. The second-order valence-corrected chi connectivity index (χ2v) is 8.27. The Kier molecular flexibility index (Phi) is 6.85. The number of halogens is 2. The Bertz CT molecular complexity index is 1460. The van der Waals surface area contributed by atoms with E-state index in [-0.39, 0.29) is 46.3 Å². The van der Waals surface area contributed by atoms with Crippen LogP contribution in [0.2, 0.25) is 5.02 Å². The maximum atomic E-state index is 13.1. The highest BCUT2D eigenvalue weighted by Gasteiger charge is 2.34. The van der Waals surface area contributed by atoms with E-state index in [0.29, 0.717) is 11.1 Å². The minimum atomic E-state index is -0.854. The van der Waals surface area contributed by atoms with E-state index in [1.807, 2.05) is 0 Å². The minimum Gasteiger partial charge on any atom is -0.462 e. The van der Waals surface area contributed by atoms with Gasteiger partial charge in [0, 0.05) is 9.86 Å². The summed E-state index contributed by atoms with van der Waals surface area (Å²) in [6.07, 6.45) is 0. The molecule has 10 heteroatoms. The third kappa shape index (κ3) is 4.24. The first-order valence-corrected chi connectivity index (χ1v) is 11.5. The maximum absolute atomic E-state index is 13.1. The summed E-state index contributed by atoms with van der Waals surface area (Å²) in [4.78, 5) is 39.1. The monoisotopic (exact) mass is 544 g/mol. The minimum absolute atomic E-state index is 0.0318. The van der Waals surface area contributed by atoms with E-state index in [0.717, 1.165) is 4.47 Å². The molecule has 4 aromatic rings. The molecule has 0 bridgehead atoms. The molecule has 0 radical (unpaired) electrons. The van der Waals surface area contributed by atoms with E-state index in [9.17, 15) is 14.4 Å². The zero-order valence-corrected chi connectivity index (χ0v) is 20.5. The lowest BCUT2D eigenvalue weighted by Crippen LogP contribution is -2.17. The van der Waals surface area contributed by atoms with Crippen LogP contribution < -0.4 is 5.63 Å². The van der Waals surface area contributed by atoms with Crippen molar-refractivity contribution in [2.75, 3.05) is 13.2 Å². The van der Waals surface area contributed by atoms with Crippen molar-refractivity contribution in [2.45, 2.75) is 13.8 Å². The molecule has 0 saturated heterocycles. The summed E-state index contributed by atoms with van der Waals surface area (Å²) < 4.78 is 17.9. The van der Waals surface area contributed by atoms with Gasteiger partial charge in [0.1, 0.15) is 22.4 Å². The summed E-state index contributed by atoms with van der Waals surface area (Å²) in [6, 6.07) is 13.6. The molecule has 0 aliphatic rings. The SMILES string of the molecule is CCOC(=O)c1c(-c2c(Cl)c3ccccc3oc2=O)nn(-c2ccc(Br)cc2)c1C(=O)OCC. The van der Waals surface area contributed by atoms with Gasteiger partial charge in [-0.05, 0) is 50.2 Å². The Morgan fingerprint density at radius 2 is 1.68 bits per heavy atom. The van der Waals surface area contributed by atoms with Crippen LogP contribution in [0, 0.1) is 0 Å². The number of esters is 2. The van der Waals surface area contributed by atoms with Gasteiger partial charge in [0.15, 0.2) is 5.69 Å². The summed E-state index contributed by atoms with van der Waals surface area (Å²) in [5.74, 6) is -1.67. The molecule has 2 aromatic heterocycles. The first-order valence-electron chi connectivity index (χ1n) is 10.3. The van der Waals surface area contributed by atoms with Crippen molar-refractivity contribution < 1.29 is 23.5 Å². The number of ether oxygens (including phenoxy) is 2. The number of hydrogen-bond donors (Lipinski definition) is 0. The lowest BCUT2D eigenvalue weighted by Gasteiger charge is -2.09. The Morgan fingerprint density at radius 3 is 2.35 bits per heavy atom. The Hall–Kier alpha value is -3.43. The van der Waals surface area contributed by atoms with Gasteiger partial charge in [-0.1, -0.05) is 39.7 Å². The Morgan fingerprint density at radius 1 is 1.03 bits per heavy atom. The van der Waals surface area contributed by atoms with Crippen molar-refractivity contribution in [2.24, 2.45) is 0 Å². The van der Waals surface area contributed by atoms with Gasteiger partial charge in [-0.15, -0.1) is 0 Å². The van der Waals surface area contributed by atoms with Crippen molar-refractivity contribution in [1.82, 2.24) is 9.78 Å². The second kappa shape index (κ2) is 9.82. The van der Waals surface area contributed by atoms with Crippen LogP contribution in [-0.2, 0) is 9.47 Å². The van der Waals surface area contributed by atoms with Crippen molar-refractivity contribution in [3.8, 4) is 16.9 Å². The maximum Gasteiger partial charge on any atom is 0.357 e. The standard InChI is InChI=1S/C24H18BrClN2O6/c1-3-32-22(29)18-20(17-19(26)15-7-5-6-8-16(15)34-23(17)30)27-28(21(18)24(31)33-4-2)14-11-9-13(25)10-12-14/h5-12H,3-4H2,1-2H3. The molecule has 2 heterocycles. The summed E-state index contributed by atoms with van der Waals surface area (Å²) in [7, 11) is 0. The molecule has 2 aromatic carbocycles. The molecule has 0 unspecified atom stereocenters. The Balaban J connectivity index is 2.11. The summed E-state index contributed by atoms with van der Waals surface area (Å²) in [5.41, 5.74) is -0.834. The van der Waals surface area contributed by atoms with Gasteiger partial charge in [0.25, 0.3) is 0 Å². The van der Waals surface area contributed by atoms with Crippen LogP contribution >= 0.6 is 27.5 Å². The molecule has 0 aliphatic carbocycles. The second-order valence-electron chi connectivity index (χ2n) is 6.98. The van der Waals surface area contributed by atoms with Gasteiger partial charge in [-0.2, -0.15) is 5.10 Å². The molecular weight excluding hydrogens is 528 g/mol. The zero-order chi connectivity index (χ0) is 24.4. The number of benzene rings is 2. The highest BCUT2D eigenvalue weighted by molar-refractivity contribution is 9.10. The number of carbonyl (C=O) groups excluding carboxylic acids is 2. The fourth-order valence-corrected chi connectivity index (χ4v) is 4.05. The molecular formula is C24H18BrClN2O6. The van der Waals surface area contributed by atoms with Gasteiger partial charge >= 0.3 is 17.6 Å². The number of aromatic nitrogens is 2. The van der Waals surface area contributed by atoms with E-state index >= 15 is 0 Å². The normalized spacial score (nSPS) is 10.9. The van der Waals surface area contributed by atoms with E-state index in [2.05, 4.69) is 21.0 Å². The van der Waals surface area contributed by atoms with E-state index in [1.165, 1.54) is 4.68 Å². The third-order valence-electron chi connectivity index (χ3n) is 4.89. The number of nitrogens with zero attached hydrogens (tertiary/aromatic N) is 2. The predicted octanol–water partition coefficient (Wildman–Crippen LogP) is 5.42. The summed E-state index contributed by atoms with van der Waals surface area (Å²) >= 11 is 9.99. The first kappa shape index (κ1) is 23.7. The number of para-hydroxylation sites is 1. The lowest BCUT2D eigenvalue weighted by atomic mass is 10.1. The van der Waals surface area contributed by atoms with Crippen molar-refractivity contribution >= 4 is 50.4 Å². The number of fused-ring (bicyclic) bond motifs is 1. The van der Waals surface area contributed by atoms with Crippen LogP contribution in [0.1, 0.15) is 34.7 Å².